The van der Waals surface area contributed by atoms with E-state index in [2.05, 4.69) is 301 Å². The first-order valence-electron chi connectivity index (χ1n) is 48.8. The quantitative estimate of drug-likeness (QED) is 0.0669. The SMILES string of the molecule is CC(C)c1ccc(F)c(Cl)c1.CC(C)c1cccn1C.COc1ccc(C(C)C)cc1Cl.COc1ncc(C)cc1C(C)C.COc1ncc(F)cc1C(C)C.Cc1cc(C(C)C)cc(C)n1.Cc1cc(C(C)C)ccn1.Cc1cc(C(C)C)cnc1F.Cc1ccccc1C(C)C.Cc1cnc(F)c(C(C)C)c1.Cc1cnccc1C(C)C.Cc1nc(F)ccc1C(C)C.Cc1ncccc1C(C)C. The number of nitrogens with zero attached hydrogens (tertiary/aromatic N) is 10. The number of aryl methyl sites for hydroxylation is 11. The molecule has 0 radical (unpaired) electrons. The topological polar surface area (TPSA) is 149 Å². The lowest BCUT2D eigenvalue weighted by Crippen LogP contribution is -1.97. The Morgan fingerprint density at radius 3 is 1.15 bits per heavy atom. The Hall–Kier alpha value is -11.1. The molecule has 0 saturated heterocycles. The zero-order valence-electron chi connectivity index (χ0n) is 92.0. The predicted octanol–water partition coefficient (Wildman–Crippen LogP) is 35.5. The molecule has 0 saturated carbocycles. The molecule has 3 aromatic carbocycles. The van der Waals surface area contributed by atoms with Gasteiger partial charge in [-0.3, -0.25) is 19.9 Å². The third-order valence-corrected chi connectivity index (χ3v) is 22.7. The summed E-state index contributed by atoms with van der Waals surface area (Å²) < 4.78 is 80.8. The van der Waals surface area contributed by atoms with Gasteiger partial charge in [-0.1, -0.05) is 252 Å². The lowest BCUT2D eigenvalue weighted by molar-refractivity contribution is 0.388. The Balaban J connectivity index is 0.000000759. The Morgan fingerprint density at radius 1 is 0.293 bits per heavy atom. The number of halogens is 7. The molecule has 0 unspecified atom stereocenters. The Morgan fingerprint density at radius 2 is 0.750 bits per heavy atom. The molecule has 13 rings (SSSR count). The van der Waals surface area contributed by atoms with Gasteiger partial charge in [0.1, 0.15) is 17.4 Å². The molecule has 0 spiro atoms. The van der Waals surface area contributed by atoms with Crippen molar-refractivity contribution in [3.8, 4) is 17.5 Å². The van der Waals surface area contributed by atoms with Crippen molar-refractivity contribution >= 4 is 23.2 Å². The summed E-state index contributed by atoms with van der Waals surface area (Å²) in [5, 5.41) is 0.889. The van der Waals surface area contributed by atoms with Crippen molar-refractivity contribution in [1.82, 2.24) is 49.4 Å². The summed E-state index contributed by atoms with van der Waals surface area (Å²) in [4.78, 5) is 35.7. The first kappa shape index (κ1) is 127. The highest BCUT2D eigenvalue weighted by molar-refractivity contribution is 6.32. The Kier molecular flexibility index (Phi) is 60.4. The number of pyridine rings is 9. The van der Waals surface area contributed by atoms with Crippen LogP contribution in [0.25, 0.3) is 0 Å². The van der Waals surface area contributed by atoms with E-state index in [0.717, 1.165) is 74.1 Å². The predicted molar refractivity (Wildman–Crippen MR) is 583 cm³/mol. The van der Waals surface area contributed by atoms with E-state index in [1.165, 1.54) is 86.6 Å². The minimum absolute atomic E-state index is 0.205. The van der Waals surface area contributed by atoms with Crippen LogP contribution in [0, 0.1) is 98.7 Å². The molecule has 10 aromatic heterocycles. The maximum Gasteiger partial charge on any atom is 0.216 e. The second-order valence-electron chi connectivity index (χ2n) is 38.7. The highest BCUT2D eigenvalue weighted by Crippen LogP contribution is 2.31. The number of benzene rings is 3. The summed E-state index contributed by atoms with van der Waals surface area (Å²) >= 11 is 11.5. The normalized spacial score (nSPS) is 10.5. The van der Waals surface area contributed by atoms with Crippen LogP contribution in [0.4, 0.5) is 22.0 Å². The molecule has 0 aliphatic carbocycles. The monoisotopic (exact) mass is 1960 g/mol. The van der Waals surface area contributed by atoms with Gasteiger partial charge in [0, 0.05) is 113 Å². The molecule has 10 heterocycles. The molecule has 0 amide bonds. The van der Waals surface area contributed by atoms with E-state index in [4.69, 9.17) is 37.4 Å². The van der Waals surface area contributed by atoms with E-state index >= 15 is 0 Å². The van der Waals surface area contributed by atoms with E-state index in [0.29, 0.717) is 87.1 Å². The first-order chi connectivity index (χ1) is 65.5. The summed E-state index contributed by atoms with van der Waals surface area (Å²) in [5.74, 6) is 6.58. The highest BCUT2D eigenvalue weighted by Gasteiger charge is 2.15. The van der Waals surface area contributed by atoms with Gasteiger partial charge in [-0.15, -0.1) is 0 Å². The summed E-state index contributed by atoms with van der Waals surface area (Å²) in [6, 6.07) is 48.6. The number of rotatable bonds is 16. The molecule has 0 N–H and O–H groups in total. The third kappa shape index (κ3) is 48.9. The van der Waals surface area contributed by atoms with Gasteiger partial charge in [-0.25, -0.2) is 33.7 Å². The molecule has 0 bridgehead atoms. The molecule has 0 aliphatic heterocycles. The van der Waals surface area contributed by atoms with E-state index < -0.39 is 5.95 Å². The molecular formula is C120H167Cl2F5N10O3. The summed E-state index contributed by atoms with van der Waals surface area (Å²) in [5.41, 5.74) is 26.3. The zero-order chi connectivity index (χ0) is 107. The number of methoxy groups -OCH3 is 3. The van der Waals surface area contributed by atoms with Crippen molar-refractivity contribution in [2.24, 2.45) is 7.05 Å². The molecule has 140 heavy (non-hydrogen) atoms. The van der Waals surface area contributed by atoms with E-state index in [1.807, 2.05) is 150 Å². The van der Waals surface area contributed by atoms with Crippen LogP contribution < -0.4 is 14.2 Å². The largest absolute Gasteiger partial charge is 0.495 e. The smallest absolute Gasteiger partial charge is 0.216 e. The van der Waals surface area contributed by atoms with Crippen molar-refractivity contribution in [1.29, 1.82) is 0 Å². The van der Waals surface area contributed by atoms with Crippen molar-refractivity contribution < 1.29 is 36.2 Å². The van der Waals surface area contributed by atoms with Crippen LogP contribution in [0.1, 0.15) is 386 Å². The Bertz CT molecular complexity index is 5460. The van der Waals surface area contributed by atoms with Crippen LogP contribution in [0.15, 0.2) is 207 Å². The van der Waals surface area contributed by atoms with E-state index in [-0.39, 0.29) is 40.4 Å². The summed E-state index contributed by atoms with van der Waals surface area (Å²) in [6.07, 6.45) is 15.7. The average Bonchev–Trinajstić information content (AvgIpc) is 1.05. The maximum atomic E-state index is 12.9. The zero-order valence-corrected chi connectivity index (χ0v) is 93.5. The number of aromatic nitrogens is 10. The van der Waals surface area contributed by atoms with E-state index in [1.54, 1.807) is 51.7 Å². The maximum absolute atomic E-state index is 12.9. The Labute approximate surface area is 851 Å². The van der Waals surface area contributed by atoms with Crippen LogP contribution in [0.3, 0.4) is 0 Å². The van der Waals surface area contributed by atoms with Gasteiger partial charge in [0.05, 0.1) is 37.6 Å². The molecular weight excluding hydrogens is 1800 g/mol. The fraction of sp³-hybridized carbons (Fsp3) is 0.442. The molecule has 20 heteroatoms. The van der Waals surface area contributed by atoms with Gasteiger partial charge < -0.3 is 18.8 Å². The molecule has 764 valence electrons. The van der Waals surface area contributed by atoms with Crippen LogP contribution in [0.2, 0.25) is 10.0 Å². The fourth-order valence-electron chi connectivity index (χ4n) is 13.8. The minimum atomic E-state index is -0.396. The average molecular weight is 1960 g/mol. The summed E-state index contributed by atoms with van der Waals surface area (Å²) in [6.45, 7) is 75.1. The van der Waals surface area contributed by atoms with Gasteiger partial charge in [0.15, 0.2) is 0 Å². The van der Waals surface area contributed by atoms with Gasteiger partial charge >= 0.3 is 0 Å². The van der Waals surface area contributed by atoms with Gasteiger partial charge in [-0.05, 0) is 322 Å². The third-order valence-electron chi connectivity index (χ3n) is 22.1. The van der Waals surface area contributed by atoms with Crippen molar-refractivity contribution in [3.63, 3.8) is 0 Å². The lowest BCUT2D eigenvalue weighted by Gasteiger charge is -2.10. The standard InChI is InChI=1S/C10H13ClO.C10H15NO.C10H15N.C10H14.C9H10ClF.C9H12FNO.3C9H12FN.3C9H13N.C8H13N/c1-7(2)8-4-5-10(12-3)9(11)6-8;1-7(2)9-5-8(3)6-11-10(9)12-4;1-7(2)10-5-8(3)11-9(4)6-10;1-8(2)10-7-5-4-6-9(10)3;1-6(2)7-3-4-9(11)8(10)5-7;1-6(2)8-4-7(10)5-11-9(8)12-3;1-6(2)8-4-7(3)9(10)11-5-8;1-6(2)8-4-7(3)5-11-9(8)10;1-6(2)8-4-5-9(10)11-7(8)3;1-7(2)9-4-5-10-6-8(9)3;1-7(2)9-4-5-10-8(3)6-9;1-7(2)9-5-4-6-10-8(9)3;1-7(2)8-5-4-6-9(8)3/h4-7H,1-3H3;5-7H,1-4H3;5-7H,1-4H3;4-8H,1-3H3;3-6H,1-2H3;4-6H,1-3H3;3*4-6H,1-3H3;3*4-7H,1-3H3;4-7H,1-3H3. The molecule has 13 aromatic rings. The van der Waals surface area contributed by atoms with E-state index in [9.17, 15) is 22.0 Å². The van der Waals surface area contributed by atoms with Crippen LogP contribution >= 0.6 is 23.2 Å². The first-order valence-corrected chi connectivity index (χ1v) is 49.5. The summed E-state index contributed by atoms with van der Waals surface area (Å²) in [7, 11) is 6.89. The van der Waals surface area contributed by atoms with Crippen LogP contribution in [-0.2, 0) is 7.05 Å². The number of ether oxygens (including phenoxy) is 3. The number of hydrogen-bond acceptors (Lipinski definition) is 12. The van der Waals surface area contributed by atoms with Gasteiger partial charge in [0.2, 0.25) is 29.6 Å². The molecule has 0 atom stereocenters. The van der Waals surface area contributed by atoms with Crippen LogP contribution in [-0.4, -0.2) is 70.8 Å². The molecule has 13 nitrogen and oxygen atoms in total. The van der Waals surface area contributed by atoms with Crippen LogP contribution in [0.5, 0.6) is 17.5 Å². The minimum Gasteiger partial charge on any atom is -0.495 e. The van der Waals surface area contributed by atoms with Crippen molar-refractivity contribution in [2.45, 2.75) is 326 Å². The molecule has 0 aliphatic rings. The van der Waals surface area contributed by atoms with Crippen molar-refractivity contribution in [2.75, 3.05) is 21.3 Å². The van der Waals surface area contributed by atoms with Gasteiger partial charge in [-0.2, -0.15) is 13.2 Å². The highest BCUT2D eigenvalue weighted by atomic mass is 35.5. The lowest BCUT2D eigenvalue weighted by atomic mass is 9.99. The van der Waals surface area contributed by atoms with Crippen molar-refractivity contribution in [3.05, 3.63) is 376 Å². The number of hydrogen-bond donors (Lipinski definition) is 0. The second-order valence-corrected chi connectivity index (χ2v) is 39.6. The fourth-order valence-corrected chi connectivity index (χ4v) is 14.3. The second kappa shape index (κ2) is 66.6. The van der Waals surface area contributed by atoms with Gasteiger partial charge in [0.25, 0.3) is 0 Å². The molecule has 0 fully saturated rings.